The number of halogens is 16. The van der Waals surface area contributed by atoms with E-state index in [1.165, 1.54) is 44.5 Å². The molecule has 6 aromatic rings. The Morgan fingerprint density at radius 1 is 0.167 bits per heavy atom. The monoisotopic (exact) mass is 1540 g/mol. The summed E-state index contributed by atoms with van der Waals surface area (Å²) in [4.78, 5) is 0. The first-order chi connectivity index (χ1) is 37.8. The van der Waals surface area contributed by atoms with Crippen LogP contribution in [0.25, 0.3) is 48.6 Å². The third kappa shape index (κ3) is 60.6. The van der Waals surface area contributed by atoms with Gasteiger partial charge < -0.3 is 69.1 Å². The van der Waals surface area contributed by atoms with Crippen LogP contribution >= 0.6 is 0 Å². The van der Waals surface area contributed by atoms with E-state index in [-0.39, 0.29) is 81.7 Å². The Kier molecular flexibility index (Phi) is 50.6. The molecular formula is C60H52B4F16Pd4-4. The van der Waals surface area contributed by atoms with Gasteiger partial charge in [-0.05, 0) is 44.5 Å². The van der Waals surface area contributed by atoms with E-state index in [0.717, 1.165) is 0 Å². The van der Waals surface area contributed by atoms with Gasteiger partial charge >= 0.3 is 29.0 Å². The van der Waals surface area contributed by atoms with Gasteiger partial charge in [-0.2, -0.15) is 0 Å². The largest absolute Gasteiger partial charge is 0.673 e. The molecule has 0 bridgehead atoms. The fraction of sp³-hybridized carbons (Fsp3) is 0. The van der Waals surface area contributed by atoms with Crippen LogP contribution in [-0.2, 0) is 81.7 Å². The first-order valence-corrected chi connectivity index (χ1v) is 23.8. The molecule has 6 aromatic carbocycles. The van der Waals surface area contributed by atoms with Gasteiger partial charge in [-0.1, -0.05) is 316 Å². The smallest absolute Gasteiger partial charge is 0.418 e. The Bertz CT molecular complexity index is 2550. The number of rotatable bonds is 16. The van der Waals surface area contributed by atoms with Gasteiger partial charge in [0.15, 0.2) is 0 Å². The minimum Gasteiger partial charge on any atom is -0.418 e. The second-order valence-electron chi connectivity index (χ2n) is 15.3. The summed E-state index contributed by atoms with van der Waals surface area (Å²) in [6.07, 6.45) is 49.8. The molecule has 0 aliphatic carbocycles. The zero-order valence-corrected chi connectivity index (χ0v) is 49.9. The zero-order valence-electron chi connectivity index (χ0n) is 43.6. The van der Waals surface area contributed by atoms with E-state index in [9.17, 15) is 69.1 Å². The summed E-state index contributed by atoms with van der Waals surface area (Å²) >= 11 is 0. The van der Waals surface area contributed by atoms with Crippen molar-refractivity contribution in [1.29, 1.82) is 0 Å². The molecule has 0 aromatic heterocycles. The summed E-state index contributed by atoms with van der Waals surface area (Å²) in [5.74, 6) is 0. The number of benzene rings is 6. The summed E-state index contributed by atoms with van der Waals surface area (Å²) in [7, 11) is -24.0. The SMILES string of the molecule is C(=C\C=C\c1ccccc1/C=C/C=C/C=C/c1ccccc1)/C=C/c1ccccc1.C(=C\C=C\c1ccccc1/C=C/C=C/C=C/c1ccccc1)/C=C/c1ccccc1.F[B-](F)(F)F.F[B-](F)(F)F.F[B-](F)(F)F.F[B-](F)(F)F.[Pd].[Pd].[Pd].[Pd]. The van der Waals surface area contributed by atoms with Crippen LogP contribution in [0.1, 0.15) is 44.5 Å². The molecule has 0 aliphatic rings. The third-order valence-corrected chi connectivity index (χ3v) is 8.78. The molecule has 0 N–H and O–H groups in total. The predicted octanol–water partition coefficient (Wildman–Crippen LogP) is 21.7. The van der Waals surface area contributed by atoms with Gasteiger partial charge in [-0.3, -0.25) is 0 Å². The quantitative estimate of drug-likeness (QED) is 0.0515. The molecule has 6 rings (SSSR count). The summed E-state index contributed by atoms with van der Waals surface area (Å²) in [6, 6.07) is 58.0. The van der Waals surface area contributed by atoms with Gasteiger partial charge in [0.2, 0.25) is 0 Å². The van der Waals surface area contributed by atoms with Crippen LogP contribution in [0.2, 0.25) is 0 Å². The second kappa shape index (κ2) is 50.3. The molecule has 0 atom stereocenters. The van der Waals surface area contributed by atoms with Crippen molar-refractivity contribution in [2.24, 2.45) is 0 Å². The van der Waals surface area contributed by atoms with Gasteiger partial charge in [0.25, 0.3) is 0 Å². The van der Waals surface area contributed by atoms with Crippen molar-refractivity contribution in [1.82, 2.24) is 0 Å². The molecule has 84 heavy (non-hydrogen) atoms. The maximum Gasteiger partial charge on any atom is 0.673 e. The Morgan fingerprint density at radius 2 is 0.286 bits per heavy atom. The molecule has 0 saturated heterocycles. The van der Waals surface area contributed by atoms with Crippen LogP contribution in [0.3, 0.4) is 0 Å². The summed E-state index contributed by atoms with van der Waals surface area (Å²) in [6.45, 7) is 0. The van der Waals surface area contributed by atoms with Crippen molar-refractivity contribution in [3.05, 3.63) is 312 Å². The van der Waals surface area contributed by atoms with Gasteiger partial charge in [0.05, 0.1) is 0 Å². The molecule has 0 radical (unpaired) electrons. The molecule has 0 spiro atoms. The first kappa shape index (κ1) is 84.4. The fourth-order valence-electron chi connectivity index (χ4n) is 5.70. The van der Waals surface area contributed by atoms with Crippen molar-refractivity contribution < 1.29 is 151 Å². The van der Waals surface area contributed by atoms with Crippen molar-refractivity contribution in [3.8, 4) is 0 Å². The van der Waals surface area contributed by atoms with Crippen LogP contribution < -0.4 is 0 Å². The van der Waals surface area contributed by atoms with Crippen LogP contribution in [0, 0.1) is 0 Å². The first-order valence-electron chi connectivity index (χ1n) is 23.8. The molecule has 0 nitrogen and oxygen atoms in total. The molecule has 0 heterocycles. The molecule has 460 valence electrons. The van der Waals surface area contributed by atoms with Crippen LogP contribution in [0.4, 0.5) is 69.1 Å². The molecular weight excluding hydrogens is 1490 g/mol. The molecule has 0 amide bonds. The molecule has 0 saturated carbocycles. The minimum atomic E-state index is -6.00. The van der Waals surface area contributed by atoms with E-state index < -0.39 is 29.0 Å². The van der Waals surface area contributed by atoms with Crippen LogP contribution in [0.15, 0.2) is 267 Å². The summed E-state index contributed by atoms with van der Waals surface area (Å²) in [5.41, 5.74) is 9.58. The molecule has 0 fully saturated rings. The fourth-order valence-corrected chi connectivity index (χ4v) is 5.70. The van der Waals surface area contributed by atoms with E-state index in [0.29, 0.717) is 0 Å². The molecule has 0 aliphatic heterocycles. The maximum absolute atomic E-state index is 9.75. The van der Waals surface area contributed by atoms with Crippen molar-refractivity contribution >= 4 is 77.6 Å². The van der Waals surface area contributed by atoms with Crippen molar-refractivity contribution in [2.75, 3.05) is 0 Å². The molecule has 0 unspecified atom stereocenters. The van der Waals surface area contributed by atoms with Crippen LogP contribution in [-0.4, -0.2) is 29.0 Å². The van der Waals surface area contributed by atoms with Gasteiger partial charge in [-0.25, -0.2) is 0 Å². The number of allylic oxidation sites excluding steroid dienone is 16. The topological polar surface area (TPSA) is 0 Å². The molecule has 24 heteroatoms. The standard InChI is InChI=1S/2C30H26.4BF4.4Pd/c2*1(7-17-27-19-9-5-10-20-27)3-13-23-29-25-15-16-26-30(29)24-14-4-2-8-18-28-21-11-6-12-22-28;4*2-1(3,4)5;;;;/h2*1-26H;;;;;;;;/q;;4*-1;;;;/b2*3-1+,4-2+,17-7+,18-8+,23-13+,24-14+;;;;;;;;. The Hall–Kier alpha value is -6.01. The zero-order chi connectivity index (χ0) is 59.4. The summed E-state index contributed by atoms with van der Waals surface area (Å²) in [5, 5.41) is 0. The van der Waals surface area contributed by atoms with Gasteiger partial charge in [0, 0.05) is 81.7 Å². The Morgan fingerprint density at radius 3 is 0.429 bits per heavy atom. The van der Waals surface area contributed by atoms with Crippen molar-refractivity contribution in [2.45, 2.75) is 0 Å². The summed E-state index contributed by atoms with van der Waals surface area (Å²) < 4.78 is 156. The number of hydrogen-bond acceptors (Lipinski definition) is 0. The minimum absolute atomic E-state index is 0. The van der Waals surface area contributed by atoms with Crippen LogP contribution in [0.5, 0.6) is 0 Å². The van der Waals surface area contributed by atoms with E-state index in [4.69, 9.17) is 0 Å². The Labute approximate surface area is 535 Å². The average Bonchev–Trinajstić information content (AvgIpc) is 3.38. The average molecular weight is 1550 g/mol. The van der Waals surface area contributed by atoms with E-state index in [1.807, 2.05) is 121 Å². The van der Waals surface area contributed by atoms with E-state index in [1.54, 1.807) is 0 Å². The predicted molar refractivity (Wildman–Crippen MR) is 308 cm³/mol. The second-order valence-corrected chi connectivity index (χ2v) is 15.3. The van der Waals surface area contributed by atoms with Gasteiger partial charge in [0.1, 0.15) is 0 Å². The normalized spacial score (nSPS) is 11.8. The van der Waals surface area contributed by atoms with Gasteiger partial charge in [-0.15, -0.1) is 0 Å². The number of hydrogen-bond donors (Lipinski definition) is 0. The van der Waals surface area contributed by atoms with E-state index >= 15 is 0 Å². The third-order valence-electron chi connectivity index (χ3n) is 8.78. The maximum atomic E-state index is 9.75. The van der Waals surface area contributed by atoms with Crippen molar-refractivity contribution in [3.63, 3.8) is 0 Å². The Balaban J connectivity index is -0.000000555. The van der Waals surface area contributed by atoms with E-state index in [2.05, 4.69) is 194 Å².